The Balaban J connectivity index is 1.64. The molecule has 0 radical (unpaired) electrons. The van der Waals surface area contributed by atoms with Gasteiger partial charge >= 0.3 is 0 Å². The Bertz CT molecular complexity index is 721. The summed E-state index contributed by atoms with van der Waals surface area (Å²) in [5.41, 5.74) is 1.82. The zero-order chi connectivity index (χ0) is 19.8. The van der Waals surface area contributed by atoms with Crippen LogP contribution in [0.1, 0.15) is 11.3 Å². The summed E-state index contributed by atoms with van der Waals surface area (Å²) in [6.45, 7) is 7.60. The first-order valence-corrected chi connectivity index (χ1v) is 10.6. The number of alkyl halides is 1. The quantitative estimate of drug-likeness (QED) is 0.465. The van der Waals surface area contributed by atoms with Crippen molar-refractivity contribution in [3.05, 3.63) is 59.7 Å². The predicted molar refractivity (Wildman–Crippen MR) is 107 cm³/mol. The molecule has 7 heteroatoms. The van der Waals surface area contributed by atoms with Gasteiger partial charge < -0.3 is 24.2 Å². The lowest BCUT2D eigenvalue weighted by molar-refractivity contribution is -0.969. The second kappa shape index (κ2) is 10.9. The summed E-state index contributed by atoms with van der Waals surface area (Å²) < 4.78 is 21.6. The summed E-state index contributed by atoms with van der Waals surface area (Å²) in [4.78, 5) is 2.84. The molecule has 154 valence electrons. The van der Waals surface area contributed by atoms with Crippen LogP contribution in [0.5, 0.6) is 0 Å². The van der Waals surface area contributed by atoms with Crippen LogP contribution in [-0.2, 0) is 17.8 Å². The topological polar surface area (TPSA) is 43.3 Å². The van der Waals surface area contributed by atoms with Gasteiger partial charge in [0.25, 0.3) is 0 Å². The molecule has 2 atom stereocenters. The Hall–Kier alpha value is -1.44. The van der Waals surface area contributed by atoms with Crippen molar-refractivity contribution < 1.29 is 24.0 Å². The van der Waals surface area contributed by atoms with Gasteiger partial charge in [0.05, 0.1) is 31.3 Å². The van der Waals surface area contributed by atoms with E-state index in [9.17, 15) is 9.50 Å². The molecule has 1 unspecified atom stereocenters. The summed E-state index contributed by atoms with van der Waals surface area (Å²) >= 11 is 5.85. The number of aliphatic hydroxyl groups excluding tert-OH is 1. The minimum atomic E-state index is -0.522. The van der Waals surface area contributed by atoms with Crippen LogP contribution in [-0.4, -0.2) is 67.6 Å². The molecule has 3 N–H and O–H groups in total. The van der Waals surface area contributed by atoms with Crippen LogP contribution < -0.4 is 9.80 Å². The standard InChI is InChI=1S/C21H29ClFN3O2/c22-14-20(27)17-25(9-8-24-10-12-28-13-11-24)16-19-5-3-7-26(19)15-18-4-1-2-6-21(18)23/h1-7,20,27H,8-17H2/p+2/t20-/m1/s1. The van der Waals surface area contributed by atoms with Gasteiger partial charge in [-0.3, -0.25) is 0 Å². The van der Waals surface area contributed by atoms with Crippen molar-refractivity contribution in [1.29, 1.82) is 0 Å². The summed E-state index contributed by atoms with van der Waals surface area (Å²) in [6.07, 6.45) is 1.47. The van der Waals surface area contributed by atoms with E-state index in [1.54, 1.807) is 11.0 Å². The number of aliphatic hydroxyl groups is 1. The summed E-state index contributed by atoms with van der Waals surface area (Å²) in [5.74, 6) is 0.0595. The first kappa shape index (κ1) is 21.3. The van der Waals surface area contributed by atoms with Crippen LogP contribution in [0.25, 0.3) is 0 Å². The lowest BCUT2D eigenvalue weighted by Gasteiger charge is -2.27. The highest BCUT2D eigenvalue weighted by atomic mass is 35.5. The molecule has 0 bridgehead atoms. The summed E-state index contributed by atoms with van der Waals surface area (Å²) in [7, 11) is 0. The molecular formula is C21H31ClFN3O2+2. The molecule has 1 saturated heterocycles. The third kappa shape index (κ3) is 6.29. The second-order valence-corrected chi connectivity index (χ2v) is 7.83. The first-order chi connectivity index (χ1) is 13.7. The highest BCUT2D eigenvalue weighted by Crippen LogP contribution is 2.11. The number of halogens is 2. The maximum absolute atomic E-state index is 14.0. The van der Waals surface area contributed by atoms with Crippen LogP contribution in [0, 0.1) is 5.82 Å². The van der Waals surface area contributed by atoms with Gasteiger partial charge in [-0.15, -0.1) is 11.6 Å². The fraction of sp³-hybridized carbons (Fsp3) is 0.524. The minimum absolute atomic E-state index is 0.181. The molecule has 5 nitrogen and oxygen atoms in total. The average molecular weight is 412 g/mol. The number of ether oxygens (including phenoxy) is 1. The van der Waals surface area contributed by atoms with E-state index in [2.05, 4.69) is 10.6 Å². The van der Waals surface area contributed by atoms with E-state index in [0.717, 1.165) is 51.6 Å². The number of nitrogens with zero attached hydrogens (tertiary/aromatic N) is 1. The lowest BCUT2D eigenvalue weighted by Crippen LogP contribution is -3.21. The molecule has 1 fully saturated rings. The van der Waals surface area contributed by atoms with Crippen LogP contribution in [0.3, 0.4) is 0 Å². The molecule has 0 amide bonds. The zero-order valence-electron chi connectivity index (χ0n) is 16.2. The Labute approximate surface area is 171 Å². The molecule has 28 heavy (non-hydrogen) atoms. The van der Waals surface area contributed by atoms with Gasteiger partial charge in [-0.2, -0.15) is 0 Å². The summed E-state index contributed by atoms with van der Waals surface area (Å²) in [6, 6.07) is 11.0. The van der Waals surface area contributed by atoms with E-state index in [4.69, 9.17) is 16.3 Å². The SMILES string of the molecule is O[C@H](CCl)C[NH+](CC[NH+]1CCOCC1)Cc1cccn1Cc1ccccc1F. The molecule has 1 aliphatic heterocycles. The Morgan fingerprint density at radius 1 is 1.21 bits per heavy atom. The molecule has 0 aliphatic carbocycles. The van der Waals surface area contributed by atoms with E-state index in [1.807, 2.05) is 24.4 Å². The Kier molecular flexibility index (Phi) is 8.30. The third-order valence-electron chi connectivity index (χ3n) is 5.39. The van der Waals surface area contributed by atoms with E-state index >= 15 is 0 Å². The van der Waals surface area contributed by atoms with E-state index in [-0.39, 0.29) is 11.7 Å². The van der Waals surface area contributed by atoms with Crippen molar-refractivity contribution in [2.24, 2.45) is 0 Å². The monoisotopic (exact) mass is 411 g/mol. The predicted octanol–water partition coefficient (Wildman–Crippen LogP) is -0.425. The van der Waals surface area contributed by atoms with Gasteiger partial charge in [0.1, 0.15) is 51.2 Å². The Morgan fingerprint density at radius 2 is 2.00 bits per heavy atom. The van der Waals surface area contributed by atoms with Crippen molar-refractivity contribution in [3.8, 4) is 0 Å². The van der Waals surface area contributed by atoms with E-state index < -0.39 is 6.10 Å². The van der Waals surface area contributed by atoms with Gasteiger partial charge in [0.2, 0.25) is 0 Å². The molecule has 1 aromatic heterocycles. The van der Waals surface area contributed by atoms with Gasteiger partial charge in [-0.1, -0.05) is 18.2 Å². The number of hydrogen-bond donors (Lipinski definition) is 3. The maximum Gasteiger partial charge on any atom is 0.128 e. The fourth-order valence-electron chi connectivity index (χ4n) is 3.74. The number of morpholine rings is 1. The molecule has 1 aliphatic rings. The van der Waals surface area contributed by atoms with Gasteiger partial charge in [0, 0.05) is 11.8 Å². The normalized spacial score (nSPS) is 17.5. The van der Waals surface area contributed by atoms with Gasteiger partial charge in [-0.25, -0.2) is 4.39 Å². The molecule has 2 heterocycles. The molecule has 1 aromatic carbocycles. The van der Waals surface area contributed by atoms with Crippen molar-refractivity contribution in [1.82, 2.24) is 4.57 Å². The van der Waals surface area contributed by atoms with Crippen LogP contribution in [0.2, 0.25) is 0 Å². The lowest BCUT2D eigenvalue weighted by atomic mass is 10.2. The second-order valence-electron chi connectivity index (χ2n) is 7.52. The number of hydrogen-bond acceptors (Lipinski definition) is 2. The first-order valence-electron chi connectivity index (χ1n) is 10.0. The largest absolute Gasteiger partial charge is 0.386 e. The van der Waals surface area contributed by atoms with Crippen LogP contribution in [0.15, 0.2) is 42.6 Å². The number of aromatic nitrogens is 1. The van der Waals surface area contributed by atoms with Crippen LogP contribution in [0.4, 0.5) is 4.39 Å². The molecule has 0 spiro atoms. The zero-order valence-corrected chi connectivity index (χ0v) is 17.0. The minimum Gasteiger partial charge on any atom is -0.386 e. The highest BCUT2D eigenvalue weighted by molar-refractivity contribution is 6.18. The van der Waals surface area contributed by atoms with E-state index in [1.165, 1.54) is 11.0 Å². The smallest absolute Gasteiger partial charge is 0.128 e. The highest BCUT2D eigenvalue weighted by Gasteiger charge is 2.21. The molecule has 0 saturated carbocycles. The molecule has 3 rings (SSSR count). The summed E-state index contributed by atoms with van der Waals surface area (Å²) in [5, 5.41) is 10.1. The van der Waals surface area contributed by atoms with Crippen molar-refractivity contribution in [3.63, 3.8) is 0 Å². The number of benzene rings is 1. The van der Waals surface area contributed by atoms with E-state index in [0.29, 0.717) is 18.7 Å². The van der Waals surface area contributed by atoms with Crippen molar-refractivity contribution in [2.75, 3.05) is 51.8 Å². The van der Waals surface area contributed by atoms with Gasteiger partial charge in [-0.05, 0) is 18.2 Å². The average Bonchev–Trinajstić information content (AvgIpc) is 3.15. The van der Waals surface area contributed by atoms with Crippen molar-refractivity contribution >= 4 is 11.6 Å². The third-order valence-corrected chi connectivity index (χ3v) is 5.74. The van der Waals surface area contributed by atoms with Crippen LogP contribution >= 0.6 is 11.6 Å². The number of rotatable bonds is 10. The number of nitrogens with one attached hydrogen (secondary N) is 2. The van der Waals surface area contributed by atoms with Crippen molar-refractivity contribution in [2.45, 2.75) is 19.2 Å². The molecular weight excluding hydrogens is 381 g/mol. The van der Waals surface area contributed by atoms with Gasteiger partial charge in [0.15, 0.2) is 0 Å². The number of quaternary nitrogens is 2. The molecule has 2 aromatic rings. The Morgan fingerprint density at radius 3 is 2.75 bits per heavy atom. The maximum atomic E-state index is 14.0. The fourth-order valence-corrected chi connectivity index (χ4v) is 3.85.